The Morgan fingerprint density at radius 3 is 2.55 bits per heavy atom. The van der Waals surface area contributed by atoms with Crippen LogP contribution < -0.4 is 5.32 Å². The lowest BCUT2D eigenvalue weighted by Gasteiger charge is -2.14. The highest BCUT2D eigenvalue weighted by molar-refractivity contribution is 9.10. The van der Waals surface area contributed by atoms with E-state index in [4.69, 9.17) is 5.11 Å². The van der Waals surface area contributed by atoms with Crippen molar-refractivity contribution in [2.45, 2.75) is 31.1 Å². The van der Waals surface area contributed by atoms with Crippen LogP contribution >= 0.6 is 15.9 Å². The molecule has 0 aliphatic carbocycles. The number of carbonyl (C=O) groups is 1. The van der Waals surface area contributed by atoms with Gasteiger partial charge in [0, 0.05) is 0 Å². The lowest BCUT2D eigenvalue weighted by molar-refractivity contribution is -0.121. The van der Waals surface area contributed by atoms with Gasteiger partial charge >= 0.3 is 0 Å². The van der Waals surface area contributed by atoms with Crippen molar-refractivity contribution >= 4 is 21.8 Å². The van der Waals surface area contributed by atoms with E-state index in [2.05, 4.69) is 21.2 Å². The average molecular weight is 224 g/mol. The minimum Gasteiger partial charge on any atom is -0.394 e. The SMILES string of the molecule is CC[C@@H](CO)NC(=O)C(C)Br. The third kappa shape index (κ3) is 4.37. The fraction of sp³-hybridized carbons (Fsp3) is 0.857. The third-order valence-electron chi connectivity index (χ3n) is 1.42. The van der Waals surface area contributed by atoms with Gasteiger partial charge in [-0.05, 0) is 13.3 Å². The van der Waals surface area contributed by atoms with Gasteiger partial charge in [-0.1, -0.05) is 22.9 Å². The number of hydrogen-bond acceptors (Lipinski definition) is 2. The van der Waals surface area contributed by atoms with Gasteiger partial charge in [0.15, 0.2) is 0 Å². The summed E-state index contributed by atoms with van der Waals surface area (Å²) in [6.45, 7) is 3.67. The van der Waals surface area contributed by atoms with Gasteiger partial charge in [0.05, 0.1) is 17.5 Å². The number of halogens is 1. The van der Waals surface area contributed by atoms with Gasteiger partial charge in [-0.15, -0.1) is 0 Å². The van der Waals surface area contributed by atoms with E-state index < -0.39 is 0 Å². The van der Waals surface area contributed by atoms with E-state index >= 15 is 0 Å². The highest BCUT2D eigenvalue weighted by atomic mass is 79.9. The second-order valence-electron chi connectivity index (χ2n) is 2.41. The minimum atomic E-state index is -0.192. The van der Waals surface area contributed by atoms with Crippen LogP contribution in [0.15, 0.2) is 0 Å². The van der Waals surface area contributed by atoms with E-state index in [9.17, 15) is 4.79 Å². The smallest absolute Gasteiger partial charge is 0.233 e. The van der Waals surface area contributed by atoms with Crippen molar-refractivity contribution in [1.29, 1.82) is 0 Å². The maximum atomic E-state index is 11.0. The molecule has 0 aliphatic rings. The number of amides is 1. The monoisotopic (exact) mass is 223 g/mol. The van der Waals surface area contributed by atoms with Crippen molar-refractivity contribution in [2.24, 2.45) is 0 Å². The molecule has 0 aromatic rings. The summed E-state index contributed by atoms with van der Waals surface area (Å²) in [5.41, 5.74) is 0. The maximum Gasteiger partial charge on any atom is 0.233 e. The number of aliphatic hydroxyl groups is 1. The molecule has 4 heteroatoms. The van der Waals surface area contributed by atoms with Crippen LogP contribution in [0.5, 0.6) is 0 Å². The molecular formula is C7H14BrNO2. The third-order valence-corrected chi connectivity index (χ3v) is 1.84. The standard InChI is InChI=1S/C7H14BrNO2/c1-3-6(4-10)9-7(11)5(2)8/h5-6,10H,3-4H2,1-2H3,(H,9,11)/t5?,6-/m0/s1. The van der Waals surface area contributed by atoms with Gasteiger partial charge in [-0.25, -0.2) is 0 Å². The van der Waals surface area contributed by atoms with Gasteiger partial charge in [0.2, 0.25) is 5.91 Å². The van der Waals surface area contributed by atoms with Crippen LogP contribution in [0.4, 0.5) is 0 Å². The predicted molar refractivity (Wildman–Crippen MR) is 47.7 cm³/mol. The van der Waals surface area contributed by atoms with Gasteiger partial charge in [-0.3, -0.25) is 4.79 Å². The Bertz CT molecular complexity index is 124. The van der Waals surface area contributed by atoms with Gasteiger partial charge in [-0.2, -0.15) is 0 Å². The molecule has 0 saturated heterocycles. The van der Waals surface area contributed by atoms with Crippen LogP contribution in [-0.4, -0.2) is 28.5 Å². The molecule has 1 amide bonds. The topological polar surface area (TPSA) is 49.3 Å². The zero-order valence-electron chi connectivity index (χ0n) is 6.80. The normalized spacial score (nSPS) is 15.6. The Morgan fingerprint density at radius 2 is 2.27 bits per heavy atom. The van der Waals surface area contributed by atoms with Crippen LogP contribution in [0.1, 0.15) is 20.3 Å². The molecule has 0 fully saturated rings. The van der Waals surface area contributed by atoms with E-state index in [1.165, 1.54) is 0 Å². The summed E-state index contributed by atoms with van der Waals surface area (Å²) in [4.78, 5) is 10.8. The molecule has 0 bridgehead atoms. The highest BCUT2D eigenvalue weighted by Crippen LogP contribution is 1.98. The van der Waals surface area contributed by atoms with Crippen LogP contribution in [-0.2, 0) is 4.79 Å². The Labute approximate surface area is 75.3 Å². The Balaban J connectivity index is 3.72. The van der Waals surface area contributed by atoms with E-state index in [1.807, 2.05) is 6.92 Å². The largest absolute Gasteiger partial charge is 0.394 e. The minimum absolute atomic E-state index is 0.00194. The molecule has 0 spiro atoms. The lowest BCUT2D eigenvalue weighted by Crippen LogP contribution is -2.40. The number of nitrogens with one attached hydrogen (secondary N) is 1. The number of rotatable bonds is 4. The van der Waals surface area contributed by atoms with Gasteiger partial charge in [0.25, 0.3) is 0 Å². The molecule has 66 valence electrons. The van der Waals surface area contributed by atoms with Crippen LogP contribution in [0.25, 0.3) is 0 Å². The molecule has 3 nitrogen and oxygen atoms in total. The number of alkyl halides is 1. The molecule has 0 heterocycles. The Kier molecular flexibility index (Phi) is 5.50. The molecule has 0 aliphatic heterocycles. The van der Waals surface area contributed by atoms with Crippen molar-refractivity contribution in [3.63, 3.8) is 0 Å². The maximum absolute atomic E-state index is 11.0. The summed E-state index contributed by atoms with van der Waals surface area (Å²) in [6.07, 6.45) is 0.752. The van der Waals surface area contributed by atoms with Crippen molar-refractivity contribution < 1.29 is 9.90 Å². The molecule has 1 unspecified atom stereocenters. The van der Waals surface area contributed by atoms with E-state index in [0.29, 0.717) is 0 Å². The van der Waals surface area contributed by atoms with Gasteiger partial charge < -0.3 is 10.4 Å². The van der Waals surface area contributed by atoms with Crippen molar-refractivity contribution in [3.05, 3.63) is 0 Å². The van der Waals surface area contributed by atoms with E-state index in [0.717, 1.165) is 6.42 Å². The number of hydrogen-bond donors (Lipinski definition) is 2. The van der Waals surface area contributed by atoms with E-state index in [1.54, 1.807) is 6.92 Å². The van der Waals surface area contributed by atoms with Crippen LogP contribution in [0.3, 0.4) is 0 Å². The zero-order valence-corrected chi connectivity index (χ0v) is 8.39. The summed E-state index contributed by atoms with van der Waals surface area (Å²) < 4.78 is 0. The number of carbonyl (C=O) groups excluding carboxylic acids is 1. The average Bonchev–Trinajstić information content (AvgIpc) is 1.99. The molecule has 0 aromatic heterocycles. The van der Waals surface area contributed by atoms with Crippen LogP contribution in [0.2, 0.25) is 0 Å². The fourth-order valence-corrected chi connectivity index (χ4v) is 0.725. The van der Waals surface area contributed by atoms with Crippen LogP contribution in [0, 0.1) is 0 Å². The van der Waals surface area contributed by atoms with Crippen molar-refractivity contribution in [3.8, 4) is 0 Å². The Morgan fingerprint density at radius 1 is 1.73 bits per heavy atom. The first-order chi connectivity index (χ1) is 5.11. The fourth-order valence-electron chi connectivity index (χ4n) is 0.593. The summed E-state index contributed by atoms with van der Waals surface area (Å²) in [6, 6.07) is -0.109. The quantitative estimate of drug-likeness (QED) is 0.689. The molecule has 0 aromatic carbocycles. The van der Waals surface area contributed by atoms with Gasteiger partial charge in [0.1, 0.15) is 0 Å². The molecule has 11 heavy (non-hydrogen) atoms. The predicted octanol–water partition coefficient (Wildman–Crippen LogP) is 0.657. The highest BCUT2D eigenvalue weighted by Gasteiger charge is 2.12. The zero-order chi connectivity index (χ0) is 8.85. The summed E-state index contributed by atoms with van der Waals surface area (Å²) in [5, 5.41) is 11.4. The van der Waals surface area contributed by atoms with Crippen molar-refractivity contribution in [2.75, 3.05) is 6.61 Å². The molecule has 0 rings (SSSR count). The molecule has 2 atom stereocenters. The number of aliphatic hydroxyl groups excluding tert-OH is 1. The first kappa shape index (κ1) is 10.9. The molecule has 0 saturated carbocycles. The first-order valence-corrected chi connectivity index (χ1v) is 4.58. The molecule has 0 radical (unpaired) electrons. The Hall–Kier alpha value is -0.0900. The lowest BCUT2D eigenvalue weighted by atomic mass is 10.2. The second-order valence-corrected chi connectivity index (χ2v) is 3.79. The van der Waals surface area contributed by atoms with Crippen molar-refractivity contribution in [1.82, 2.24) is 5.32 Å². The molecule has 2 N–H and O–H groups in total. The summed E-state index contributed by atoms with van der Waals surface area (Å²) >= 11 is 3.13. The summed E-state index contributed by atoms with van der Waals surface area (Å²) in [7, 11) is 0. The first-order valence-electron chi connectivity index (χ1n) is 3.67. The van der Waals surface area contributed by atoms with E-state index in [-0.39, 0.29) is 23.4 Å². The molecular weight excluding hydrogens is 210 g/mol. The summed E-state index contributed by atoms with van der Waals surface area (Å²) in [5.74, 6) is -0.0779. The second kappa shape index (κ2) is 5.55.